The Labute approximate surface area is 226 Å². The van der Waals surface area contributed by atoms with Gasteiger partial charge in [-0.2, -0.15) is 4.98 Å². The van der Waals surface area contributed by atoms with Gasteiger partial charge in [0, 0.05) is 26.2 Å². The molecule has 9 heteroatoms. The molecule has 3 heterocycles. The lowest BCUT2D eigenvalue weighted by Crippen LogP contribution is -2.32. The molecule has 0 aliphatic carbocycles. The Bertz CT molecular complexity index is 1520. The minimum atomic E-state index is -0.449. The smallest absolute Gasteiger partial charge is 0.227 e. The number of nitrogens with one attached hydrogen (secondary N) is 1. The molecule has 1 aromatic heterocycles. The van der Waals surface area contributed by atoms with Crippen LogP contribution in [0.2, 0.25) is 5.02 Å². The number of hydrogen-bond donors (Lipinski definition) is 1. The molecule has 182 valence electrons. The lowest BCUT2D eigenvalue weighted by molar-refractivity contribution is 0.217. The van der Waals surface area contributed by atoms with Gasteiger partial charge in [-0.25, -0.2) is 4.68 Å². The molecule has 2 unspecified atom stereocenters. The number of halogens is 2. The molecule has 36 heavy (non-hydrogen) atoms. The predicted molar refractivity (Wildman–Crippen MR) is 147 cm³/mol. The molecule has 0 amide bonds. The molecule has 3 aromatic carbocycles. The van der Waals surface area contributed by atoms with Gasteiger partial charge in [0.1, 0.15) is 17.5 Å². The highest BCUT2D eigenvalue weighted by molar-refractivity contribution is 9.10. The summed E-state index contributed by atoms with van der Waals surface area (Å²) in [6.45, 7) is 2.08. The number of aryl methyl sites for hydroxylation is 1. The second kappa shape index (κ2) is 9.18. The summed E-state index contributed by atoms with van der Waals surface area (Å²) >= 11 is 11.6. The maximum atomic E-state index is 6.74. The minimum Gasteiger partial charge on any atom is -0.496 e. The molecule has 6 rings (SSSR count). The lowest BCUT2D eigenvalue weighted by Gasteiger charge is -2.39. The first-order valence-corrected chi connectivity index (χ1v) is 13.7. The summed E-state index contributed by atoms with van der Waals surface area (Å²) < 4.78 is 15.4. The number of methoxy groups -OCH3 is 1. The van der Waals surface area contributed by atoms with Gasteiger partial charge < -0.3 is 14.8 Å². The Balaban J connectivity index is 1.66. The van der Waals surface area contributed by atoms with E-state index in [0.29, 0.717) is 16.1 Å². The van der Waals surface area contributed by atoms with Gasteiger partial charge in [0.05, 0.1) is 12.8 Å². The Morgan fingerprint density at radius 2 is 1.92 bits per heavy atom. The number of rotatable bonds is 4. The van der Waals surface area contributed by atoms with Crippen LogP contribution in [0.15, 0.2) is 75.9 Å². The molecule has 2 aliphatic rings. The van der Waals surface area contributed by atoms with E-state index < -0.39 is 6.10 Å². The van der Waals surface area contributed by atoms with Crippen molar-refractivity contribution in [2.45, 2.75) is 24.2 Å². The van der Waals surface area contributed by atoms with E-state index in [4.69, 9.17) is 31.2 Å². The van der Waals surface area contributed by atoms with Crippen molar-refractivity contribution in [1.82, 2.24) is 14.8 Å². The molecule has 0 bridgehead atoms. The Morgan fingerprint density at radius 1 is 1.11 bits per heavy atom. The summed E-state index contributed by atoms with van der Waals surface area (Å²) in [6.07, 6.45) is 1.53. The molecule has 2 atom stereocenters. The third-order valence-electron chi connectivity index (χ3n) is 6.46. The van der Waals surface area contributed by atoms with E-state index in [-0.39, 0.29) is 6.04 Å². The van der Waals surface area contributed by atoms with Gasteiger partial charge in [-0.1, -0.05) is 69.1 Å². The van der Waals surface area contributed by atoms with E-state index in [1.54, 1.807) is 7.11 Å². The summed E-state index contributed by atoms with van der Waals surface area (Å²) in [6, 6.07) is 19.9. The van der Waals surface area contributed by atoms with Gasteiger partial charge in [0.25, 0.3) is 0 Å². The molecule has 2 aliphatic heterocycles. The fraction of sp³-hybridized carbons (Fsp3) is 0.185. The number of nitrogens with zero attached hydrogens (tertiary/aromatic N) is 3. The first kappa shape index (κ1) is 23.5. The lowest BCUT2D eigenvalue weighted by atomic mass is 9.84. The Kier molecular flexibility index (Phi) is 5.98. The van der Waals surface area contributed by atoms with Crippen molar-refractivity contribution in [3.8, 4) is 11.5 Å². The van der Waals surface area contributed by atoms with E-state index in [9.17, 15) is 0 Å². The Hall–Kier alpha value is -2.94. The maximum absolute atomic E-state index is 6.74. The monoisotopic (exact) mass is 580 g/mol. The highest BCUT2D eigenvalue weighted by atomic mass is 79.9. The van der Waals surface area contributed by atoms with Crippen LogP contribution in [0.1, 0.15) is 34.4 Å². The van der Waals surface area contributed by atoms with Gasteiger partial charge in [0.15, 0.2) is 6.10 Å². The summed E-state index contributed by atoms with van der Waals surface area (Å²) in [7, 11) is 1.68. The van der Waals surface area contributed by atoms with Crippen molar-refractivity contribution >= 4 is 50.9 Å². The van der Waals surface area contributed by atoms with E-state index in [2.05, 4.69) is 52.4 Å². The van der Waals surface area contributed by atoms with E-state index in [1.165, 1.54) is 17.3 Å². The first-order valence-electron chi connectivity index (χ1n) is 11.3. The maximum Gasteiger partial charge on any atom is 0.227 e. The molecule has 0 saturated heterocycles. The van der Waals surface area contributed by atoms with E-state index >= 15 is 0 Å². The second-order valence-corrected chi connectivity index (χ2v) is 10.8. The third kappa shape index (κ3) is 3.88. The summed E-state index contributed by atoms with van der Waals surface area (Å²) in [5.74, 6) is 2.15. The standard InChI is InChI=1S/C27H22BrClN4O2S/c1-14-4-6-15(7-5-14)24-22-23(30-26-31-27(36-3)32-33(24)26)18-13-17(29)9-11-21(18)35-25(22)19-12-16(28)8-10-20(19)34-2/h4-13,24-25H,1-3H3,(H,30,31,32). The van der Waals surface area contributed by atoms with Crippen LogP contribution in [0.25, 0.3) is 5.70 Å². The fourth-order valence-corrected chi connectivity index (χ4v) is 5.70. The van der Waals surface area contributed by atoms with Gasteiger partial charge in [-0.3, -0.25) is 0 Å². The molecule has 0 radical (unpaired) electrons. The molecule has 6 nitrogen and oxygen atoms in total. The molecule has 0 fully saturated rings. The van der Waals surface area contributed by atoms with Gasteiger partial charge in [-0.05, 0) is 55.1 Å². The zero-order chi connectivity index (χ0) is 25.0. The molecule has 0 spiro atoms. The van der Waals surface area contributed by atoms with Crippen molar-refractivity contribution in [2.24, 2.45) is 0 Å². The highest BCUT2D eigenvalue weighted by Gasteiger charge is 2.42. The Morgan fingerprint density at radius 3 is 2.67 bits per heavy atom. The average molecular weight is 582 g/mol. The van der Waals surface area contributed by atoms with Crippen molar-refractivity contribution in [1.29, 1.82) is 0 Å². The zero-order valence-electron chi connectivity index (χ0n) is 19.8. The molecular formula is C27H22BrClN4O2S. The third-order valence-corrected chi connectivity index (χ3v) is 7.73. The number of aromatic nitrogens is 3. The number of benzene rings is 3. The van der Waals surface area contributed by atoms with Crippen LogP contribution in [0, 0.1) is 6.92 Å². The molecular weight excluding hydrogens is 560 g/mol. The topological polar surface area (TPSA) is 61.2 Å². The minimum absolute atomic E-state index is 0.258. The van der Waals surface area contributed by atoms with Crippen LogP contribution in [0.5, 0.6) is 11.5 Å². The molecule has 0 saturated carbocycles. The zero-order valence-corrected chi connectivity index (χ0v) is 22.9. The normalized spacial score (nSPS) is 18.0. The van der Waals surface area contributed by atoms with Crippen molar-refractivity contribution < 1.29 is 9.47 Å². The van der Waals surface area contributed by atoms with Gasteiger partial charge in [0.2, 0.25) is 11.1 Å². The number of hydrogen-bond acceptors (Lipinski definition) is 6. The second-order valence-electron chi connectivity index (χ2n) is 8.66. The molecule has 4 aromatic rings. The largest absolute Gasteiger partial charge is 0.496 e. The van der Waals surface area contributed by atoms with Crippen LogP contribution < -0.4 is 14.8 Å². The number of ether oxygens (including phenoxy) is 2. The number of thioether (sulfide) groups is 1. The molecule has 1 N–H and O–H groups in total. The van der Waals surface area contributed by atoms with Crippen LogP contribution in [0.3, 0.4) is 0 Å². The van der Waals surface area contributed by atoms with Crippen molar-refractivity contribution in [2.75, 3.05) is 18.7 Å². The SMILES string of the molecule is COc1ccc(Br)cc1C1Oc2ccc(Cl)cc2C2=C1C(c1ccc(C)cc1)n1nc(SC)nc1N2. The van der Waals surface area contributed by atoms with Crippen molar-refractivity contribution in [3.63, 3.8) is 0 Å². The van der Waals surface area contributed by atoms with E-state index in [0.717, 1.165) is 43.9 Å². The van der Waals surface area contributed by atoms with Crippen LogP contribution >= 0.6 is 39.3 Å². The summed E-state index contributed by atoms with van der Waals surface area (Å²) in [4.78, 5) is 4.76. The number of fused-ring (bicyclic) bond motifs is 3. The fourth-order valence-electron chi connectivity index (χ4n) is 4.81. The van der Waals surface area contributed by atoms with Crippen LogP contribution in [0.4, 0.5) is 5.95 Å². The van der Waals surface area contributed by atoms with Gasteiger partial charge in [-0.15, -0.1) is 5.10 Å². The quantitative estimate of drug-likeness (QED) is 0.255. The summed E-state index contributed by atoms with van der Waals surface area (Å²) in [5.41, 5.74) is 6.00. The highest BCUT2D eigenvalue weighted by Crippen LogP contribution is 2.52. The summed E-state index contributed by atoms with van der Waals surface area (Å²) in [5, 5.41) is 9.74. The average Bonchev–Trinajstić information content (AvgIpc) is 3.31. The van der Waals surface area contributed by atoms with Crippen molar-refractivity contribution in [3.05, 3.63) is 98.0 Å². The van der Waals surface area contributed by atoms with Crippen LogP contribution in [-0.2, 0) is 0 Å². The predicted octanol–water partition coefficient (Wildman–Crippen LogP) is 7.29. The first-order chi connectivity index (χ1) is 17.5. The number of anilines is 1. The van der Waals surface area contributed by atoms with E-state index in [1.807, 2.05) is 47.3 Å². The van der Waals surface area contributed by atoms with Crippen LogP contribution in [-0.4, -0.2) is 28.1 Å². The van der Waals surface area contributed by atoms with Gasteiger partial charge >= 0.3 is 0 Å².